The van der Waals surface area contributed by atoms with Gasteiger partial charge in [-0.25, -0.2) is 0 Å². The van der Waals surface area contributed by atoms with Gasteiger partial charge in [-0.05, 0) is 32.4 Å². The van der Waals surface area contributed by atoms with Crippen molar-refractivity contribution in [3.05, 3.63) is 36.4 Å². The quantitative estimate of drug-likeness (QED) is 0.609. The fourth-order valence-electron chi connectivity index (χ4n) is 1.81. The van der Waals surface area contributed by atoms with Gasteiger partial charge in [0.05, 0.1) is 0 Å². The van der Waals surface area contributed by atoms with Crippen LogP contribution in [0.15, 0.2) is 36.4 Å². The van der Waals surface area contributed by atoms with Gasteiger partial charge in [0.1, 0.15) is 0 Å². The molecule has 0 aromatic heterocycles. The van der Waals surface area contributed by atoms with E-state index >= 15 is 0 Å². The van der Waals surface area contributed by atoms with Crippen molar-refractivity contribution < 1.29 is 0 Å². The maximum absolute atomic E-state index is 2.41. The molecule has 1 atom stereocenters. The predicted octanol–water partition coefficient (Wildman–Crippen LogP) is 3.03. The Balaban J connectivity index is 0.000000146. The lowest BCUT2D eigenvalue weighted by atomic mass is 10.0. The van der Waals surface area contributed by atoms with Crippen LogP contribution in [0.4, 0.5) is 0 Å². The number of piperidine rings is 1. The SMILES string of the molecule is C[C@@H]1CCCN(C)C1.c1ccccc1. The van der Waals surface area contributed by atoms with Crippen molar-refractivity contribution in [3.8, 4) is 0 Å². The van der Waals surface area contributed by atoms with Crippen LogP contribution in [0.3, 0.4) is 0 Å². The number of rotatable bonds is 0. The molecule has 1 heterocycles. The molecular weight excluding hydrogens is 170 g/mol. The zero-order chi connectivity index (χ0) is 10.2. The Labute approximate surface area is 87.7 Å². The fraction of sp³-hybridized carbons (Fsp3) is 0.538. The molecule has 1 nitrogen and oxygen atoms in total. The van der Waals surface area contributed by atoms with E-state index in [1.165, 1.54) is 25.9 Å². The zero-order valence-electron chi connectivity index (χ0n) is 9.32. The monoisotopic (exact) mass is 191 g/mol. The molecule has 0 amide bonds. The van der Waals surface area contributed by atoms with E-state index in [1.54, 1.807) is 0 Å². The Bertz CT molecular complexity index is 185. The predicted molar refractivity (Wildman–Crippen MR) is 62.3 cm³/mol. The first-order valence-corrected chi connectivity index (χ1v) is 5.47. The molecule has 1 fully saturated rings. The minimum Gasteiger partial charge on any atom is -0.306 e. The first-order valence-electron chi connectivity index (χ1n) is 5.47. The van der Waals surface area contributed by atoms with Crippen molar-refractivity contribution in [2.45, 2.75) is 19.8 Å². The number of hydrogen-bond donors (Lipinski definition) is 0. The van der Waals surface area contributed by atoms with Crippen molar-refractivity contribution in [2.24, 2.45) is 5.92 Å². The Hall–Kier alpha value is -0.820. The number of hydrogen-bond acceptors (Lipinski definition) is 1. The highest BCUT2D eigenvalue weighted by molar-refractivity contribution is 4.99. The van der Waals surface area contributed by atoms with Gasteiger partial charge in [0, 0.05) is 6.54 Å². The van der Waals surface area contributed by atoms with E-state index in [-0.39, 0.29) is 0 Å². The van der Waals surface area contributed by atoms with Crippen molar-refractivity contribution in [2.75, 3.05) is 20.1 Å². The Morgan fingerprint density at radius 2 is 1.50 bits per heavy atom. The van der Waals surface area contributed by atoms with Gasteiger partial charge in [-0.2, -0.15) is 0 Å². The lowest BCUT2D eigenvalue weighted by Gasteiger charge is -2.26. The van der Waals surface area contributed by atoms with E-state index in [4.69, 9.17) is 0 Å². The second-order valence-corrected chi connectivity index (χ2v) is 4.16. The van der Waals surface area contributed by atoms with Crippen LogP contribution in [-0.4, -0.2) is 25.0 Å². The van der Waals surface area contributed by atoms with Crippen LogP contribution < -0.4 is 0 Å². The summed E-state index contributed by atoms with van der Waals surface area (Å²) in [5, 5.41) is 0. The van der Waals surface area contributed by atoms with Crippen molar-refractivity contribution in [3.63, 3.8) is 0 Å². The molecule has 0 radical (unpaired) electrons. The average molecular weight is 191 g/mol. The molecule has 1 aromatic rings. The van der Waals surface area contributed by atoms with Crippen LogP contribution >= 0.6 is 0 Å². The number of benzene rings is 1. The number of nitrogens with zero attached hydrogens (tertiary/aromatic N) is 1. The summed E-state index contributed by atoms with van der Waals surface area (Å²) in [5.41, 5.74) is 0. The molecule has 1 heteroatoms. The third-order valence-corrected chi connectivity index (χ3v) is 2.53. The van der Waals surface area contributed by atoms with E-state index in [9.17, 15) is 0 Å². The standard InChI is InChI=1S/C7H15N.C6H6/c1-7-4-3-5-8(2)6-7;1-2-4-6-5-3-1/h7H,3-6H2,1-2H3;1-6H/t7-;/m1./s1. The summed E-state index contributed by atoms with van der Waals surface area (Å²) < 4.78 is 0. The Kier molecular flexibility index (Phi) is 5.31. The first kappa shape index (κ1) is 11.3. The normalized spacial score (nSPS) is 22.3. The second-order valence-electron chi connectivity index (χ2n) is 4.16. The average Bonchev–Trinajstić information content (AvgIpc) is 2.21. The fourth-order valence-corrected chi connectivity index (χ4v) is 1.81. The molecule has 1 saturated heterocycles. The maximum Gasteiger partial charge on any atom is 0.000398 e. The van der Waals surface area contributed by atoms with Crippen LogP contribution in [0.2, 0.25) is 0 Å². The minimum absolute atomic E-state index is 0.939. The smallest absolute Gasteiger partial charge is 0.000398 e. The zero-order valence-corrected chi connectivity index (χ0v) is 9.32. The van der Waals surface area contributed by atoms with E-state index in [1.807, 2.05) is 36.4 Å². The van der Waals surface area contributed by atoms with Crippen LogP contribution in [0.5, 0.6) is 0 Å². The number of likely N-dealkylation sites (tertiary alicyclic amines) is 1. The van der Waals surface area contributed by atoms with Crippen LogP contribution in [0.1, 0.15) is 19.8 Å². The van der Waals surface area contributed by atoms with Gasteiger partial charge in [-0.15, -0.1) is 0 Å². The summed E-state index contributed by atoms with van der Waals surface area (Å²) in [6.07, 6.45) is 2.84. The van der Waals surface area contributed by atoms with Gasteiger partial charge in [0.2, 0.25) is 0 Å². The molecule has 0 N–H and O–H groups in total. The molecule has 0 spiro atoms. The van der Waals surface area contributed by atoms with E-state index in [0.717, 1.165) is 5.92 Å². The molecule has 1 aromatic carbocycles. The lowest BCUT2D eigenvalue weighted by molar-refractivity contribution is 0.221. The molecule has 2 rings (SSSR count). The van der Waals surface area contributed by atoms with Crippen molar-refractivity contribution in [1.29, 1.82) is 0 Å². The summed E-state index contributed by atoms with van der Waals surface area (Å²) in [5.74, 6) is 0.939. The molecule has 0 bridgehead atoms. The van der Waals surface area contributed by atoms with Gasteiger partial charge in [0.25, 0.3) is 0 Å². The molecule has 0 aliphatic carbocycles. The summed E-state index contributed by atoms with van der Waals surface area (Å²) in [7, 11) is 2.20. The Morgan fingerprint density at radius 3 is 1.79 bits per heavy atom. The summed E-state index contributed by atoms with van der Waals surface area (Å²) in [6.45, 7) is 4.94. The molecule has 78 valence electrons. The highest BCUT2D eigenvalue weighted by Gasteiger charge is 2.11. The van der Waals surface area contributed by atoms with Crippen LogP contribution in [0, 0.1) is 5.92 Å². The molecular formula is C13H21N. The van der Waals surface area contributed by atoms with E-state index in [0.29, 0.717) is 0 Å². The highest BCUT2D eigenvalue weighted by atomic mass is 15.1. The third-order valence-electron chi connectivity index (χ3n) is 2.53. The van der Waals surface area contributed by atoms with Crippen LogP contribution in [0.25, 0.3) is 0 Å². The molecule has 14 heavy (non-hydrogen) atoms. The van der Waals surface area contributed by atoms with Crippen LogP contribution in [-0.2, 0) is 0 Å². The van der Waals surface area contributed by atoms with Gasteiger partial charge in [0.15, 0.2) is 0 Å². The maximum atomic E-state index is 2.41. The largest absolute Gasteiger partial charge is 0.306 e. The lowest BCUT2D eigenvalue weighted by Crippen LogP contribution is -2.30. The molecule has 0 unspecified atom stereocenters. The van der Waals surface area contributed by atoms with E-state index in [2.05, 4.69) is 18.9 Å². The highest BCUT2D eigenvalue weighted by Crippen LogP contribution is 2.12. The first-order chi connectivity index (χ1) is 6.79. The van der Waals surface area contributed by atoms with Gasteiger partial charge in [-0.1, -0.05) is 43.3 Å². The summed E-state index contributed by atoms with van der Waals surface area (Å²) >= 11 is 0. The van der Waals surface area contributed by atoms with E-state index < -0.39 is 0 Å². The van der Waals surface area contributed by atoms with Gasteiger partial charge < -0.3 is 4.90 Å². The van der Waals surface area contributed by atoms with Gasteiger partial charge in [-0.3, -0.25) is 0 Å². The third kappa shape index (κ3) is 5.03. The molecule has 1 aliphatic rings. The second kappa shape index (κ2) is 6.61. The molecule has 1 aliphatic heterocycles. The van der Waals surface area contributed by atoms with Gasteiger partial charge >= 0.3 is 0 Å². The Morgan fingerprint density at radius 1 is 1.00 bits per heavy atom. The summed E-state index contributed by atoms with van der Waals surface area (Å²) in [4.78, 5) is 2.41. The van der Waals surface area contributed by atoms with Crippen molar-refractivity contribution in [1.82, 2.24) is 4.90 Å². The van der Waals surface area contributed by atoms with Crippen molar-refractivity contribution >= 4 is 0 Å². The topological polar surface area (TPSA) is 3.24 Å². The summed E-state index contributed by atoms with van der Waals surface area (Å²) in [6, 6.07) is 12.0. The molecule has 0 saturated carbocycles. The minimum atomic E-state index is 0.939.